The summed E-state index contributed by atoms with van der Waals surface area (Å²) in [5.74, 6) is 0.431. The van der Waals surface area contributed by atoms with Crippen LogP contribution in [-0.2, 0) is 14.3 Å². The normalized spacial score (nSPS) is 22.1. The molecular formula is C21H34O4. The SMILES string of the molecule is CCCCCC(O)C=CC1CCC(=O)C1CC=CCCCC(=O)OC. The fourth-order valence-corrected chi connectivity index (χ4v) is 3.27. The summed E-state index contributed by atoms with van der Waals surface area (Å²) >= 11 is 0. The molecule has 0 heterocycles. The highest BCUT2D eigenvalue weighted by atomic mass is 16.5. The molecule has 3 unspecified atom stereocenters. The quantitative estimate of drug-likeness (QED) is 0.322. The van der Waals surface area contributed by atoms with E-state index in [-0.39, 0.29) is 17.8 Å². The van der Waals surface area contributed by atoms with Crippen molar-refractivity contribution in [2.24, 2.45) is 11.8 Å². The third-order valence-corrected chi connectivity index (χ3v) is 4.87. The first-order valence-electron chi connectivity index (χ1n) is 9.69. The second-order valence-corrected chi connectivity index (χ2v) is 6.90. The Morgan fingerprint density at radius 1 is 1.32 bits per heavy atom. The number of allylic oxidation sites excluding steroid dienone is 3. The number of aliphatic hydroxyl groups excluding tert-OH is 1. The fourth-order valence-electron chi connectivity index (χ4n) is 3.27. The molecule has 0 aromatic rings. The Morgan fingerprint density at radius 3 is 2.84 bits per heavy atom. The van der Waals surface area contributed by atoms with Crippen molar-refractivity contribution in [2.75, 3.05) is 7.11 Å². The molecule has 25 heavy (non-hydrogen) atoms. The van der Waals surface area contributed by atoms with Gasteiger partial charge < -0.3 is 9.84 Å². The summed E-state index contributed by atoms with van der Waals surface area (Å²) in [6.45, 7) is 2.15. The van der Waals surface area contributed by atoms with E-state index in [4.69, 9.17) is 0 Å². The van der Waals surface area contributed by atoms with Gasteiger partial charge in [0.1, 0.15) is 5.78 Å². The van der Waals surface area contributed by atoms with Crippen molar-refractivity contribution in [1.29, 1.82) is 0 Å². The average Bonchev–Trinajstić information content (AvgIpc) is 2.96. The van der Waals surface area contributed by atoms with E-state index in [1.54, 1.807) is 0 Å². The molecule has 4 heteroatoms. The summed E-state index contributed by atoms with van der Waals surface area (Å²) < 4.78 is 4.61. The van der Waals surface area contributed by atoms with Gasteiger partial charge in [-0.25, -0.2) is 0 Å². The molecular weight excluding hydrogens is 316 g/mol. The molecule has 0 aromatic carbocycles. The van der Waals surface area contributed by atoms with Gasteiger partial charge in [-0.1, -0.05) is 50.5 Å². The van der Waals surface area contributed by atoms with Gasteiger partial charge in [0.15, 0.2) is 0 Å². The number of methoxy groups -OCH3 is 1. The number of ether oxygens (including phenoxy) is 1. The van der Waals surface area contributed by atoms with Crippen LogP contribution >= 0.6 is 0 Å². The van der Waals surface area contributed by atoms with Crippen molar-refractivity contribution in [3.05, 3.63) is 24.3 Å². The zero-order chi connectivity index (χ0) is 18.5. The molecule has 1 saturated carbocycles. The van der Waals surface area contributed by atoms with E-state index in [1.165, 1.54) is 7.11 Å². The van der Waals surface area contributed by atoms with E-state index in [0.717, 1.165) is 51.4 Å². The molecule has 1 fully saturated rings. The molecule has 4 nitrogen and oxygen atoms in total. The van der Waals surface area contributed by atoms with Crippen molar-refractivity contribution in [2.45, 2.75) is 77.2 Å². The van der Waals surface area contributed by atoms with Crippen molar-refractivity contribution in [3.63, 3.8) is 0 Å². The van der Waals surface area contributed by atoms with Crippen LogP contribution in [0, 0.1) is 11.8 Å². The minimum atomic E-state index is -0.392. The lowest BCUT2D eigenvalue weighted by atomic mass is 9.91. The van der Waals surface area contributed by atoms with Crippen molar-refractivity contribution >= 4 is 11.8 Å². The maximum absolute atomic E-state index is 12.1. The molecule has 1 N–H and O–H groups in total. The van der Waals surface area contributed by atoms with Gasteiger partial charge in [-0.3, -0.25) is 9.59 Å². The van der Waals surface area contributed by atoms with E-state index >= 15 is 0 Å². The number of carbonyl (C=O) groups is 2. The number of aliphatic hydroxyl groups is 1. The highest BCUT2D eigenvalue weighted by Gasteiger charge is 2.31. The fraction of sp³-hybridized carbons (Fsp3) is 0.714. The highest BCUT2D eigenvalue weighted by Crippen LogP contribution is 2.33. The third-order valence-electron chi connectivity index (χ3n) is 4.87. The Bertz CT molecular complexity index is 453. The Balaban J connectivity index is 2.35. The first-order chi connectivity index (χ1) is 12.1. The number of ketones is 1. The van der Waals surface area contributed by atoms with Gasteiger partial charge in [0.25, 0.3) is 0 Å². The predicted octanol–water partition coefficient (Wildman–Crippen LogP) is 4.37. The van der Waals surface area contributed by atoms with E-state index in [9.17, 15) is 14.7 Å². The largest absolute Gasteiger partial charge is 0.469 e. The number of carbonyl (C=O) groups excluding carboxylic acids is 2. The van der Waals surface area contributed by atoms with Crippen LogP contribution in [0.1, 0.15) is 71.1 Å². The lowest BCUT2D eigenvalue weighted by Crippen LogP contribution is -2.13. The third kappa shape index (κ3) is 9.01. The highest BCUT2D eigenvalue weighted by molar-refractivity contribution is 5.83. The van der Waals surface area contributed by atoms with Gasteiger partial charge in [-0.05, 0) is 38.0 Å². The summed E-state index contributed by atoms with van der Waals surface area (Å²) in [6, 6.07) is 0. The first kappa shape index (κ1) is 21.6. The number of hydrogen-bond acceptors (Lipinski definition) is 4. The van der Waals surface area contributed by atoms with E-state index in [1.807, 2.05) is 6.08 Å². The lowest BCUT2D eigenvalue weighted by molar-refractivity contribution is -0.140. The van der Waals surface area contributed by atoms with Gasteiger partial charge in [-0.15, -0.1) is 0 Å². The molecule has 1 aliphatic rings. The molecule has 0 amide bonds. The van der Waals surface area contributed by atoms with Gasteiger partial charge >= 0.3 is 5.97 Å². The van der Waals surface area contributed by atoms with Crippen LogP contribution in [0.3, 0.4) is 0 Å². The Kier molecular flexibility index (Phi) is 11.1. The smallest absolute Gasteiger partial charge is 0.305 e. The Morgan fingerprint density at radius 2 is 2.12 bits per heavy atom. The second kappa shape index (κ2) is 12.9. The van der Waals surface area contributed by atoms with Crippen LogP contribution in [0.2, 0.25) is 0 Å². The maximum atomic E-state index is 12.1. The Labute approximate surface area is 152 Å². The van der Waals surface area contributed by atoms with Crippen molar-refractivity contribution in [1.82, 2.24) is 0 Å². The van der Waals surface area contributed by atoms with Crippen molar-refractivity contribution in [3.8, 4) is 0 Å². The van der Waals surface area contributed by atoms with Crippen LogP contribution in [0.25, 0.3) is 0 Å². The molecule has 0 aliphatic heterocycles. The standard InChI is InChI=1S/C21H34O4/c1-3-4-7-10-18(22)15-13-17-14-16-20(23)19(17)11-8-5-6-9-12-21(24)25-2/h5,8,13,15,17-19,22H,3-4,6-7,9-12,14,16H2,1-2H3. The molecule has 1 aliphatic carbocycles. The minimum Gasteiger partial charge on any atom is -0.469 e. The number of Topliss-reactive ketones (excluding diaryl/α,β-unsaturated/α-hetero) is 1. The summed E-state index contributed by atoms with van der Waals surface area (Å²) in [6.07, 6.45) is 16.1. The van der Waals surface area contributed by atoms with Gasteiger partial charge in [-0.2, -0.15) is 0 Å². The topological polar surface area (TPSA) is 63.6 Å². The zero-order valence-electron chi connectivity index (χ0n) is 15.8. The van der Waals surface area contributed by atoms with Crippen molar-refractivity contribution < 1.29 is 19.4 Å². The van der Waals surface area contributed by atoms with Gasteiger partial charge in [0, 0.05) is 18.8 Å². The maximum Gasteiger partial charge on any atom is 0.305 e. The molecule has 0 radical (unpaired) electrons. The number of esters is 1. The van der Waals surface area contributed by atoms with Gasteiger partial charge in [0.05, 0.1) is 13.2 Å². The Hall–Kier alpha value is -1.42. The van der Waals surface area contributed by atoms with Gasteiger partial charge in [0.2, 0.25) is 0 Å². The van der Waals surface area contributed by atoms with E-state index < -0.39 is 6.10 Å². The minimum absolute atomic E-state index is 0.0379. The summed E-state index contributed by atoms with van der Waals surface area (Å²) in [4.78, 5) is 23.1. The molecule has 0 spiro atoms. The summed E-state index contributed by atoms with van der Waals surface area (Å²) in [7, 11) is 1.40. The van der Waals surface area contributed by atoms with E-state index in [2.05, 4.69) is 29.9 Å². The zero-order valence-corrected chi connectivity index (χ0v) is 15.8. The summed E-state index contributed by atoms with van der Waals surface area (Å²) in [5.41, 5.74) is 0. The lowest BCUT2D eigenvalue weighted by Gasteiger charge is -2.13. The average molecular weight is 350 g/mol. The first-order valence-corrected chi connectivity index (χ1v) is 9.69. The summed E-state index contributed by atoms with van der Waals surface area (Å²) in [5, 5.41) is 10.0. The monoisotopic (exact) mass is 350 g/mol. The molecule has 142 valence electrons. The molecule has 0 bridgehead atoms. The van der Waals surface area contributed by atoms with Crippen LogP contribution < -0.4 is 0 Å². The molecule has 3 atom stereocenters. The molecule has 1 rings (SSSR count). The van der Waals surface area contributed by atoms with Crippen LogP contribution in [0.15, 0.2) is 24.3 Å². The second-order valence-electron chi connectivity index (χ2n) is 6.90. The molecule has 0 aromatic heterocycles. The number of rotatable bonds is 12. The van der Waals surface area contributed by atoms with Crippen LogP contribution in [0.5, 0.6) is 0 Å². The number of hydrogen-bond donors (Lipinski definition) is 1. The van der Waals surface area contributed by atoms with E-state index in [0.29, 0.717) is 18.6 Å². The van der Waals surface area contributed by atoms with Crippen LogP contribution in [-0.4, -0.2) is 30.1 Å². The van der Waals surface area contributed by atoms with Crippen LogP contribution in [0.4, 0.5) is 0 Å². The predicted molar refractivity (Wildman–Crippen MR) is 100 cm³/mol. The number of unbranched alkanes of at least 4 members (excludes halogenated alkanes) is 3. The molecule has 0 saturated heterocycles.